The summed E-state index contributed by atoms with van der Waals surface area (Å²) in [5.41, 5.74) is 4.56. The van der Waals surface area contributed by atoms with Crippen LogP contribution in [0.15, 0.2) is 12.3 Å². The van der Waals surface area contributed by atoms with E-state index >= 15 is 0 Å². The van der Waals surface area contributed by atoms with Crippen LogP contribution in [0, 0.1) is 10.1 Å². The molecule has 0 aliphatic heterocycles. The maximum absolute atomic E-state index is 10.8. The van der Waals surface area contributed by atoms with E-state index < -0.39 is 10.8 Å². The number of rotatable bonds is 4. The van der Waals surface area contributed by atoms with Crippen molar-refractivity contribution < 1.29 is 14.5 Å². The normalized spacial score (nSPS) is 14.5. The van der Waals surface area contributed by atoms with Gasteiger partial charge in [-0.15, -0.1) is 0 Å². The van der Waals surface area contributed by atoms with Crippen molar-refractivity contribution in [2.45, 2.75) is 18.9 Å². The summed E-state index contributed by atoms with van der Waals surface area (Å²) < 4.78 is 5.30. The number of primary amides is 1. The van der Waals surface area contributed by atoms with E-state index in [1.54, 1.807) is 0 Å². The average molecular weight is 223 g/mol. The van der Waals surface area contributed by atoms with Crippen molar-refractivity contribution in [2.75, 3.05) is 0 Å². The van der Waals surface area contributed by atoms with Gasteiger partial charge in [-0.2, -0.15) is 0 Å². The maximum atomic E-state index is 10.8. The predicted octanol–water partition coefficient (Wildman–Crippen LogP) is 0.630. The minimum atomic E-state index is -0.805. The molecule has 84 valence electrons. The van der Waals surface area contributed by atoms with E-state index in [4.69, 9.17) is 10.5 Å². The lowest BCUT2D eigenvalue weighted by Gasteiger charge is -2.04. The number of aromatic nitrogens is 1. The number of hydrogen-bond acceptors (Lipinski definition) is 5. The van der Waals surface area contributed by atoms with E-state index in [1.807, 2.05) is 0 Å². The van der Waals surface area contributed by atoms with Gasteiger partial charge in [0.1, 0.15) is 5.69 Å². The Morgan fingerprint density at radius 2 is 2.31 bits per heavy atom. The van der Waals surface area contributed by atoms with Crippen LogP contribution >= 0.6 is 0 Å². The molecule has 1 fully saturated rings. The molecule has 1 aromatic heterocycles. The summed E-state index contributed by atoms with van der Waals surface area (Å²) in [4.78, 5) is 24.6. The van der Waals surface area contributed by atoms with E-state index in [0.717, 1.165) is 25.1 Å². The highest BCUT2D eigenvalue weighted by atomic mass is 16.6. The highest BCUT2D eigenvalue weighted by Gasteiger charge is 2.28. The molecule has 0 unspecified atom stereocenters. The Morgan fingerprint density at radius 1 is 1.62 bits per heavy atom. The molecule has 0 aromatic carbocycles. The molecular formula is C9H9N3O4. The second-order valence-corrected chi connectivity index (χ2v) is 3.48. The number of nitrogens with zero attached hydrogens (tertiary/aromatic N) is 2. The third kappa shape index (κ3) is 2.08. The van der Waals surface area contributed by atoms with Crippen LogP contribution in [0.4, 0.5) is 5.69 Å². The van der Waals surface area contributed by atoms with Crippen LogP contribution in [0.1, 0.15) is 23.3 Å². The molecule has 0 radical (unpaired) electrons. The Labute approximate surface area is 90.4 Å². The standard InChI is InChI=1S/C9H9N3O4/c10-9(13)6-3-7(12(14)15)8(4-11-6)16-5-1-2-5/h3-5H,1-2H2,(H2,10,13). The highest BCUT2D eigenvalue weighted by Crippen LogP contribution is 2.32. The number of carbonyl (C=O) groups excluding carboxylic acids is 1. The number of nitrogens with two attached hydrogens (primary N) is 1. The van der Waals surface area contributed by atoms with Gasteiger partial charge < -0.3 is 10.5 Å². The number of carbonyl (C=O) groups is 1. The van der Waals surface area contributed by atoms with Crippen molar-refractivity contribution in [2.24, 2.45) is 5.73 Å². The van der Waals surface area contributed by atoms with Crippen LogP contribution in [0.25, 0.3) is 0 Å². The van der Waals surface area contributed by atoms with Gasteiger partial charge in [-0.1, -0.05) is 0 Å². The van der Waals surface area contributed by atoms with Crippen LogP contribution < -0.4 is 10.5 Å². The van der Waals surface area contributed by atoms with Gasteiger partial charge in [0.05, 0.1) is 23.3 Å². The van der Waals surface area contributed by atoms with Crippen molar-refractivity contribution in [1.82, 2.24) is 4.98 Å². The molecule has 7 nitrogen and oxygen atoms in total. The molecule has 0 atom stereocenters. The smallest absolute Gasteiger partial charge is 0.314 e. The largest absolute Gasteiger partial charge is 0.482 e. The van der Waals surface area contributed by atoms with Crippen LogP contribution in [0.3, 0.4) is 0 Å². The summed E-state index contributed by atoms with van der Waals surface area (Å²) in [6.07, 6.45) is 2.96. The van der Waals surface area contributed by atoms with E-state index in [1.165, 1.54) is 0 Å². The van der Waals surface area contributed by atoms with Gasteiger partial charge in [0, 0.05) is 0 Å². The first-order valence-corrected chi connectivity index (χ1v) is 4.69. The Kier molecular flexibility index (Phi) is 2.43. The second-order valence-electron chi connectivity index (χ2n) is 3.48. The number of hydrogen-bond donors (Lipinski definition) is 1. The zero-order valence-corrected chi connectivity index (χ0v) is 8.25. The zero-order valence-electron chi connectivity index (χ0n) is 8.25. The average Bonchev–Trinajstić information content (AvgIpc) is 3.01. The summed E-state index contributed by atoms with van der Waals surface area (Å²) in [5.74, 6) is -0.724. The Balaban J connectivity index is 2.35. The van der Waals surface area contributed by atoms with Crippen LogP contribution in [-0.2, 0) is 0 Å². The molecule has 2 N–H and O–H groups in total. The monoisotopic (exact) mass is 223 g/mol. The molecule has 0 saturated heterocycles. The summed E-state index contributed by atoms with van der Waals surface area (Å²) >= 11 is 0. The molecule has 0 spiro atoms. The molecule has 1 amide bonds. The Morgan fingerprint density at radius 3 is 2.81 bits per heavy atom. The van der Waals surface area contributed by atoms with E-state index in [9.17, 15) is 14.9 Å². The molecule has 1 saturated carbocycles. The third-order valence-electron chi connectivity index (χ3n) is 2.11. The zero-order chi connectivity index (χ0) is 11.7. The van der Waals surface area contributed by atoms with Gasteiger partial charge in [0.15, 0.2) is 0 Å². The fraction of sp³-hybridized carbons (Fsp3) is 0.333. The van der Waals surface area contributed by atoms with Crippen LogP contribution in [0.2, 0.25) is 0 Å². The van der Waals surface area contributed by atoms with E-state index in [0.29, 0.717) is 0 Å². The SMILES string of the molecule is NC(=O)c1cc([N+](=O)[O-])c(OC2CC2)cn1. The second kappa shape index (κ2) is 3.76. The van der Waals surface area contributed by atoms with Crippen molar-refractivity contribution in [1.29, 1.82) is 0 Å². The molecule has 1 aliphatic rings. The van der Waals surface area contributed by atoms with Crippen molar-refractivity contribution in [3.8, 4) is 5.75 Å². The molecular weight excluding hydrogens is 214 g/mol. The first-order chi connectivity index (χ1) is 7.58. The van der Waals surface area contributed by atoms with Crippen molar-refractivity contribution in [3.05, 3.63) is 28.1 Å². The topological polar surface area (TPSA) is 108 Å². The first-order valence-electron chi connectivity index (χ1n) is 4.69. The molecule has 1 heterocycles. The van der Waals surface area contributed by atoms with E-state index in [2.05, 4.69) is 4.98 Å². The minimum absolute atomic E-state index is 0.0277. The molecule has 16 heavy (non-hydrogen) atoms. The summed E-state index contributed by atoms with van der Waals surface area (Å²) in [6, 6.07) is 1.03. The van der Waals surface area contributed by atoms with Crippen molar-refractivity contribution >= 4 is 11.6 Å². The van der Waals surface area contributed by atoms with Gasteiger partial charge in [-0.3, -0.25) is 14.9 Å². The lowest BCUT2D eigenvalue weighted by atomic mass is 10.3. The fourth-order valence-corrected chi connectivity index (χ4v) is 1.17. The number of ether oxygens (including phenoxy) is 1. The van der Waals surface area contributed by atoms with Gasteiger partial charge in [-0.05, 0) is 12.8 Å². The van der Waals surface area contributed by atoms with Crippen LogP contribution in [-0.4, -0.2) is 21.9 Å². The highest BCUT2D eigenvalue weighted by molar-refractivity contribution is 5.91. The number of nitro groups is 1. The number of pyridine rings is 1. The lowest BCUT2D eigenvalue weighted by molar-refractivity contribution is -0.386. The molecule has 1 aliphatic carbocycles. The summed E-state index contributed by atoms with van der Waals surface area (Å²) in [6.45, 7) is 0. The third-order valence-corrected chi connectivity index (χ3v) is 2.11. The maximum Gasteiger partial charge on any atom is 0.314 e. The lowest BCUT2D eigenvalue weighted by Crippen LogP contribution is -2.13. The first kappa shape index (κ1) is 10.3. The van der Waals surface area contributed by atoms with E-state index in [-0.39, 0.29) is 23.2 Å². The van der Waals surface area contributed by atoms with Gasteiger partial charge in [-0.25, -0.2) is 4.98 Å². The molecule has 7 heteroatoms. The Bertz CT molecular complexity index is 456. The molecule has 2 rings (SSSR count). The Hall–Kier alpha value is -2.18. The summed E-state index contributed by atoms with van der Waals surface area (Å²) in [5, 5.41) is 10.7. The minimum Gasteiger partial charge on any atom is -0.482 e. The van der Waals surface area contributed by atoms with Crippen LogP contribution in [0.5, 0.6) is 5.75 Å². The quantitative estimate of drug-likeness (QED) is 0.594. The predicted molar refractivity (Wildman–Crippen MR) is 53.1 cm³/mol. The van der Waals surface area contributed by atoms with Gasteiger partial charge >= 0.3 is 5.69 Å². The fourth-order valence-electron chi connectivity index (χ4n) is 1.17. The van der Waals surface area contributed by atoms with Gasteiger partial charge in [0.25, 0.3) is 5.91 Å². The summed E-state index contributed by atoms with van der Waals surface area (Å²) in [7, 11) is 0. The number of amides is 1. The van der Waals surface area contributed by atoms with Crippen molar-refractivity contribution in [3.63, 3.8) is 0 Å². The van der Waals surface area contributed by atoms with Gasteiger partial charge in [0.2, 0.25) is 5.75 Å². The molecule has 1 aromatic rings. The molecule has 0 bridgehead atoms.